The van der Waals surface area contributed by atoms with E-state index in [0.29, 0.717) is 23.0 Å². The van der Waals surface area contributed by atoms with Gasteiger partial charge in [0.15, 0.2) is 9.84 Å². The van der Waals surface area contributed by atoms with Gasteiger partial charge in [-0.05, 0) is 37.4 Å². The number of nitrogens with one attached hydrogen (secondary N) is 1. The van der Waals surface area contributed by atoms with E-state index < -0.39 is 9.84 Å². The maximum Gasteiger partial charge on any atom is 0.180 e. The second kappa shape index (κ2) is 7.50. The first kappa shape index (κ1) is 16.0. The lowest BCUT2D eigenvalue weighted by Crippen LogP contribution is -2.13. The van der Waals surface area contributed by atoms with E-state index in [4.69, 9.17) is 5.73 Å². The maximum absolute atomic E-state index is 12.0. The molecule has 0 aliphatic heterocycles. The van der Waals surface area contributed by atoms with E-state index in [2.05, 4.69) is 12.2 Å². The van der Waals surface area contributed by atoms with Crippen molar-refractivity contribution in [3.05, 3.63) is 24.3 Å². The van der Waals surface area contributed by atoms with Crippen LogP contribution in [0.25, 0.3) is 0 Å². The molecule has 3 N–H and O–H groups in total. The third-order valence-electron chi connectivity index (χ3n) is 3.19. The van der Waals surface area contributed by atoms with Gasteiger partial charge in [0.1, 0.15) is 0 Å². The van der Waals surface area contributed by atoms with Crippen LogP contribution in [-0.4, -0.2) is 27.3 Å². The van der Waals surface area contributed by atoms with Crippen molar-refractivity contribution in [3.8, 4) is 0 Å². The predicted molar refractivity (Wildman–Crippen MR) is 80.1 cm³/mol. The molecule has 1 atom stereocenters. The Labute approximate surface area is 116 Å². The standard InChI is InChI=1S/C14H24N2O2S/c1-3-19(17,18)14-9-5-4-8-13(14)16-10-6-7-12(2)11-15/h4-5,8-9,12,16H,3,6-7,10-11,15H2,1-2H3. The number of benzene rings is 1. The number of nitrogens with two attached hydrogens (primary N) is 1. The van der Waals surface area contributed by atoms with Crippen LogP contribution in [0.15, 0.2) is 29.2 Å². The van der Waals surface area contributed by atoms with Crippen molar-refractivity contribution in [2.45, 2.75) is 31.6 Å². The summed E-state index contributed by atoms with van der Waals surface area (Å²) in [5.74, 6) is 0.632. The van der Waals surface area contributed by atoms with Gasteiger partial charge < -0.3 is 11.1 Å². The lowest BCUT2D eigenvalue weighted by molar-refractivity contribution is 0.529. The Balaban J connectivity index is 2.64. The summed E-state index contributed by atoms with van der Waals surface area (Å²) >= 11 is 0. The second-order valence-electron chi connectivity index (χ2n) is 4.81. The van der Waals surface area contributed by atoms with E-state index >= 15 is 0 Å². The Morgan fingerprint density at radius 1 is 1.32 bits per heavy atom. The quantitative estimate of drug-likeness (QED) is 0.718. The Hall–Kier alpha value is -1.07. The highest BCUT2D eigenvalue weighted by molar-refractivity contribution is 7.91. The monoisotopic (exact) mass is 284 g/mol. The predicted octanol–water partition coefficient (Wildman–Crippen LogP) is 2.27. The molecule has 5 heteroatoms. The highest BCUT2D eigenvalue weighted by atomic mass is 32.2. The van der Waals surface area contributed by atoms with Gasteiger partial charge in [-0.3, -0.25) is 0 Å². The zero-order valence-corrected chi connectivity index (χ0v) is 12.5. The molecule has 1 unspecified atom stereocenters. The average molecular weight is 284 g/mol. The third kappa shape index (κ3) is 4.84. The SMILES string of the molecule is CCS(=O)(=O)c1ccccc1NCCCC(C)CN. The highest BCUT2D eigenvalue weighted by Gasteiger charge is 2.15. The minimum absolute atomic E-state index is 0.121. The van der Waals surface area contributed by atoms with Gasteiger partial charge in [-0.15, -0.1) is 0 Å². The molecule has 0 spiro atoms. The van der Waals surface area contributed by atoms with Gasteiger partial charge in [0.2, 0.25) is 0 Å². The van der Waals surface area contributed by atoms with E-state index in [-0.39, 0.29) is 5.75 Å². The molecular weight excluding hydrogens is 260 g/mol. The number of rotatable bonds is 8. The fourth-order valence-electron chi connectivity index (χ4n) is 1.83. The summed E-state index contributed by atoms with van der Waals surface area (Å²) in [5, 5.41) is 3.21. The highest BCUT2D eigenvalue weighted by Crippen LogP contribution is 2.22. The van der Waals surface area contributed by atoms with Gasteiger partial charge >= 0.3 is 0 Å². The smallest absolute Gasteiger partial charge is 0.180 e. The first-order chi connectivity index (χ1) is 9.01. The van der Waals surface area contributed by atoms with Crippen molar-refractivity contribution in [1.29, 1.82) is 0 Å². The first-order valence-corrected chi connectivity index (χ1v) is 8.42. The zero-order chi connectivity index (χ0) is 14.3. The molecule has 1 rings (SSSR count). The minimum atomic E-state index is -3.17. The van der Waals surface area contributed by atoms with Crippen LogP contribution >= 0.6 is 0 Å². The number of hydrogen-bond donors (Lipinski definition) is 2. The summed E-state index contributed by atoms with van der Waals surface area (Å²) in [5.41, 5.74) is 6.26. The van der Waals surface area contributed by atoms with E-state index in [0.717, 1.165) is 19.4 Å². The topological polar surface area (TPSA) is 72.2 Å². The van der Waals surface area contributed by atoms with Crippen LogP contribution in [0.1, 0.15) is 26.7 Å². The number of sulfone groups is 1. The molecule has 0 saturated carbocycles. The summed E-state index contributed by atoms with van der Waals surface area (Å²) in [6, 6.07) is 7.07. The molecule has 0 fully saturated rings. The summed E-state index contributed by atoms with van der Waals surface area (Å²) in [6.45, 7) is 5.24. The Morgan fingerprint density at radius 2 is 2.00 bits per heavy atom. The lowest BCUT2D eigenvalue weighted by Gasteiger charge is -2.13. The first-order valence-electron chi connectivity index (χ1n) is 6.77. The molecule has 108 valence electrons. The van der Waals surface area contributed by atoms with Gasteiger partial charge in [0.25, 0.3) is 0 Å². The van der Waals surface area contributed by atoms with Crippen molar-refractivity contribution in [2.75, 3.05) is 24.2 Å². The van der Waals surface area contributed by atoms with Crippen LogP contribution < -0.4 is 11.1 Å². The largest absolute Gasteiger partial charge is 0.384 e. The van der Waals surface area contributed by atoms with Gasteiger partial charge in [-0.2, -0.15) is 0 Å². The Bertz CT molecular complexity index is 486. The van der Waals surface area contributed by atoms with Crippen molar-refractivity contribution in [3.63, 3.8) is 0 Å². The van der Waals surface area contributed by atoms with E-state index in [1.807, 2.05) is 12.1 Å². The molecule has 1 aromatic carbocycles. The zero-order valence-electron chi connectivity index (χ0n) is 11.7. The number of para-hydroxylation sites is 1. The van der Waals surface area contributed by atoms with E-state index in [9.17, 15) is 8.42 Å². The molecule has 0 aliphatic carbocycles. The summed E-state index contributed by atoms with van der Waals surface area (Å²) in [4.78, 5) is 0.393. The maximum atomic E-state index is 12.0. The molecule has 0 aliphatic rings. The van der Waals surface area contributed by atoms with E-state index in [1.165, 1.54) is 0 Å². The average Bonchev–Trinajstić information content (AvgIpc) is 2.43. The van der Waals surface area contributed by atoms with Gasteiger partial charge in [0.05, 0.1) is 16.3 Å². The molecule has 4 nitrogen and oxygen atoms in total. The normalized spacial score (nSPS) is 13.2. The van der Waals surface area contributed by atoms with Gasteiger partial charge in [-0.25, -0.2) is 8.42 Å². The molecule has 19 heavy (non-hydrogen) atoms. The lowest BCUT2D eigenvalue weighted by atomic mass is 10.1. The van der Waals surface area contributed by atoms with Crippen molar-refractivity contribution in [2.24, 2.45) is 11.7 Å². The molecule has 0 bridgehead atoms. The van der Waals surface area contributed by atoms with Crippen LogP contribution in [0, 0.1) is 5.92 Å². The minimum Gasteiger partial charge on any atom is -0.384 e. The molecular formula is C14H24N2O2S. The van der Waals surface area contributed by atoms with Crippen LogP contribution in [0.4, 0.5) is 5.69 Å². The summed E-state index contributed by atoms with van der Waals surface area (Å²) in [7, 11) is -3.17. The molecule has 0 heterocycles. The van der Waals surface area contributed by atoms with Crippen LogP contribution in [-0.2, 0) is 9.84 Å². The van der Waals surface area contributed by atoms with Crippen molar-refractivity contribution in [1.82, 2.24) is 0 Å². The van der Waals surface area contributed by atoms with Crippen molar-refractivity contribution >= 4 is 15.5 Å². The summed E-state index contributed by atoms with van der Waals surface area (Å²) in [6.07, 6.45) is 2.03. The van der Waals surface area contributed by atoms with Gasteiger partial charge in [-0.1, -0.05) is 26.0 Å². The third-order valence-corrected chi connectivity index (χ3v) is 4.98. The molecule has 0 radical (unpaired) electrons. The Kier molecular flexibility index (Phi) is 6.31. The van der Waals surface area contributed by atoms with Crippen LogP contribution in [0.2, 0.25) is 0 Å². The molecule has 0 saturated heterocycles. The molecule has 1 aromatic rings. The van der Waals surface area contributed by atoms with Gasteiger partial charge in [0, 0.05) is 6.54 Å². The number of anilines is 1. The second-order valence-corrected chi connectivity index (χ2v) is 7.06. The fraction of sp³-hybridized carbons (Fsp3) is 0.571. The Morgan fingerprint density at radius 3 is 2.63 bits per heavy atom. The molecule has 0 amide bonds. The molecule has 0 aromatic heterocycles. The summed E-state index contributed by atoms with van der Waals surface area (Å²) < 4.78 is 23.9. The van der Waals surface area contributed by atoms with Crippen LogP contribution in [0.5, 0.6) is 0 Å². The van der Waals surface area contributed by atoms with E-state index in [1.54, 1.807) is 19.1 Å². The van der Waals surface area contributed by atoms with Crippen molar-refractivity contribution < 1.29 is 8.42 Å². The fourth-order valence-corrected chi connectivity index (χ4v) is 2.90. The van der Waals surface area contributed by atoms with Crippen LogP contribution in [0.3, 0.4) is 0 Å². The number of hydrogen-bond acceptors (Lipinski definition) is 4.